The summed E-state index contributed by atoms with van der Waals surface area (Å²) in [6.45, 7) is 5.32. The highest BCUT2D eigenvalue weighted by molar-refractivity contribution is 5.95. The Hall–Kier alpha value is -3.09. The Morgan fingerprint density at radius 3 is 2.40 bits per heavy atom. The minimum absolute atomic E-state index is 0.0457. The lowest BCUT2D eigenvalue weighted by molar-refractivity contribution is -0.0178. The van der Waals surface area contributed by atoms with Crippen molar-refractivity contribution in [1.82, 2.24) is 14.8 Å². The van der Waals surface area contributed by atoms with Crippen molar-refractivity contribution in [3.63, 3.8) is 0 Å². The van der Waals surface area contributed by atoms with Crippen LogP contribution in [0.15, 0.2) is 48.5 Å². The fraction of sp³-hybridized carbons (Fsp3) is 0.348. The SMILES string of the molecule is CCC(C)n1nc(C(F)(F)CC)nc1Cc1ccc(-c2ccccc2C(=O)O)cc1. The van der Waals surface area contributed by atoms with Crippen LogP contribution < -0.4 is 0 Å². The van der Waals surface area contributed by atoms with Crippen molar-refractivity contribution >= 4 is 5.97 Å². The van der Waals surface area contributed by atoms with Crippen LogP contribution in [0.1, 0.15) is 67.2 Å². The number of hydrogen-bond donors (Lipinski definition) is 1. The molecule has 3 rings (SSSR count). The largest absolute Gasteiger partial charge is 0.478 e. The molecule has 1 aromatic heterocycles. The van der Waals surface area contributed by atoms with Crippen molar-refractivity contribution in [3.05, 3.63) is 71.3 Å². The predicted octanol–water partition coefficient (Wildman–Crippen LogP) is 5.71. The topological polar surface area (TPSA) is 68.0 Å². The lowest BCUT2D eigenvalue weighted by atomic mass is 9.98. The standard InChI is InChI=1S/C23H25F2N3O2/c1-4-15(3)28-20(26-22(27-28)23(24,25)5-2)14-16-10-12-17(13-11-16)18-8-6-7-9-19(18)21(29)30/h6-13,15H,4-5,14H2,1-3H3,(H,29,30). The number of rotatable bonds is 8. The van der Waals surface area contributed by atoms with Crippen molar-refractivity contribution < 1.29 is 18.7 Å². The van der Waals surface area contributed by atoms with Crippen LogP contribution in [0.5, 0.6) is 0 Å². The van der Waals surface area contributed by atoms with Gasteiger partial charge < -0.3 is 5.11 Å². The molecule has 0 spiro atoms. The number of alkyl halides is 2. The molecule has 0 radical (unpaired) electrons. The second-order valence-corrected chi connectivity index (χ2v) is 7.34. The third-order valence-electron chi connectivity index (χ3n) is 5.27. The fourth-order valence-corrected chi connectivity index (χ4v) is 3.22. The monoisotopic (exact) mass is 413 g/mol. The Bertz CT molecular complexity index is 1030. The molecule has 1 N–H and O–H groups in total. The zero-order valence-corrected chi connectivity index (χ0v) is 17.3. The van der Waals surface area contributed by atoms with E-state index in [0.29, 0.717) is 17.8 Å². The van der Waals surface area contributed by atoms with Gasteiger partial charge in [-0.05, 0) is 36.1 Å². The highest BCUT2D eigenvalue weighted by Gasteiger charge is 2.35. The molecule has 158 valence electrons. The molecule has 0 fully saturated rings. The van der Waals surface area contributed by atoms with E-state index < -0.39 is 17.7 Å². The maximum absolute atomic E-state index is 14.1. The molecule has 7 heteroatoms. The van der Waals surface area contributed by atoms with Gasteiger partial charge in [0.25, 0.3) is 0 Å². The summed E-state index contributed by atoms with van der Waals surface area (Å²) in [5, 5.41) is 13.5. The molecule has 0 aliphatic carbocycles. The summed E-state index contributed by atoms with van der Waals surface area (Å²) in [5.41, 5.74) is 2.52. The van der Waals surface area contributed by atoms with Gasteiger partial charge in [-0.1, -0.05) is 56.3 Å². The van der Waals surface area contributed by atoms with E-state index in [4.69, 9.17) is 0 Å². The van der Waals surface area contributed by atoms with Gasteiger partial charge in [0.1, 0.15) is 5.82 Å². The van der Waals surface area contributed by atoms with Crippen LogP contribution in [0.2, 0.25) is 0 Å². The number of aromatic carboxylic acids is 1. The Balaban J connectivity index is 1.91. The molecule has 3 aromatic rings. The van der Waals surface area contributed by atoms with E-state index in [0.717, 1.165) is 17.5 Å². The summed E-state index contributed by atoms with van der Waals surface area (Å²) in [5.74, 6) is -3.99. The molecule has 1 unspecified atom stereocenters. The minimum Gasteiger partial charge on any atom is -0.478 e. The van der Waals surface area contributed by atoms with Crippen molar-refractivity contribution in [1.29, 1.82) is 0 Å². The van der Waals surface area contributed by atoms with Gasteiger partial charge in [0, 0.05) is 12.8 Å². The first-order valence-corrected chi connectivity index (χ1v) is 10.0. The van der Waals surface area contributed by atoms with Crippen molar-refractivity contribution in [2.24, 2.45) is 0 Å². The van der Waals surface area contributed by atoms with Gasteiger partial charge in [-0.15, -0.1) is 5.10 Å². The van der Waals surface area contributed by atoms with Gasteiger partial charge in [-0.3, -0.25) is 0 Å². The molecular weight excluding hydrogens is 388 g/mol. The number of carboxylic acids is 1. The van der Waals surface area contributed by atoms with E-state index in [1.807, 2.05) is 38.1 Å². The maximum atomic E-state index is 14.1. The summed E-state index contributed by atoms with van der Waals surface area (Å²) < 4.78 is 29.9. The molecular formula is C23H25F2N3O2. The van der Waals surface area contributed by atoms with Gasteiger partial charge in [-0.2, -0.15) is 8.78 Å². The lowest BCUT2D eigenvalue weighted by Crippen LogP contribution is -2.15. The van der Waals surface area contributed by atoms with Gasteiger partial charge in [0.15, 0.2) is 0 Å². The number of carboxylic acid groups (broad SMARTS) is 1. The molecule has 0 aliphatic heterocycles. The molecule has 1 heterocycles. The molecule has 0 saturated heterocycles. The molecule has 0 saturated carbocycles. The van der Waals surface area contributed by atoms with E-state index in [9.17, 15) is 18.7 Å². The Morgan fingerprint density at radius 2 is 1.80 bits per heavy atom. The first-order valence-electron chi connectivity index (χ1n) is 10.0. The predicted molar refractivity (Wildman–Crippen MR) is 111 cm³/mol. The van der Waals surface area contributed by atoms with Crippen molar-refractivity contribution in [3.8, 4) is 11.1 Å². The van der Waals surface area contributed by atoms with E-state index >= 15 is 0 Å². The van der Waals surface area contributed by atoms with Crippen LogP contribution in [0.25, 0.3) is 11.1 Å². The molecule has 30 heavy (non-hydrogen) atoms. The number of halogens is 2. The van der Waals surface area contributed by atoms with E-state index in [1.54, 1.807) is 28.9 Å². The number of hydrogen-bond acceptors (Lipinski definition) is 3. The number of aromatic nitrogens is 3. The summed E-state index contributed by atoms with van der Waals surface area (Å²) in [6, 6.07) is 14.2. The minimum atomic E-state index is -3.06. The lowest BCUT2D eigenvalue weighted by Gasteiger charge is -2.13. The molecule has 5 nitrogen and oxygen atoms in total. The van der Waals surface area contributed by atoms with Crippen LogP contribution >= 0.6 is 0 Å². The smallest absolute Gasteiger partial charge is 0.336 e. The Labute approximate surface area is 174 Å². The van der Waals surface area contributed by atoms with Crippen LogP contribution in [0.4, 0.5) is 8.78 Å². The van der Waals surface area contributed by atoms with Gasteiger partial charge in [-0.25, -0.2) is 14.5 Å². The van der Waals surface area contributed by atoms with Gasteiger partial charge in [0.2, 0.25) is 5.82 Å². The molecule has 0 bridgehead atoms. The zero-order valence-electron chi connectivity index (χ0n) is 17.3. The summed E-state index contributed by atoms with van der Waals surface area (Å²) in [4.78, 5) is 15.6. The van der Waals surface area contributed by atoms with E-state index in [-0.39, 0.29) is 18.0 Å². The fourth-order valence-electron chi connectivity index (χ4n) is 3.22. The highest BCUT2D eigenvalue weighted by atomic mass is 19.3. The second kappa shape index (κ2) is 8.73. The Morgan fingerprint density at radius 1 is 1.13 bits per heavy atom. The summed E-state index contributed by atoms with van der Waals surface area (Å²) in [7, 11) is 0. The maximum Gasteiger partial charge on any atom is 0.336 e. The second-order valence-electron chi connectivity index (χ2n) is 7.34. The van der Waals surface area contributed by atoms with Crippen molar-refractivity contribution in [2.75, 3.05) is 0 Å². The first kappa shape index (κ1) is 21.6. The quantitative estimate of drug-likeness (QED) is 0.514. The first-order chi connectivity index (χ1) is 14.3. The molecule has 2 aromatic carbocycles. The molecule has 1 atom stereocenters. The van der Waals surface area contributed by atoms with E-state index in [2.05, 4.69) is 10.1 Å². The number of nitrogens with zero attached hydrogens (tertiary/aromatic N) is 3. The molecule has 0 aliphatic rings. The van der Waals surface area contributed by atoms with E-state index in [1.165, 1.54) is 6.92 Å². The van der Waals surface area contributed by atoms with Crippen LogP contribution in [-0.4, -0.2) is 25.8 Å². The third-order valence-corrected chi connectivity index (χ3v) is 5.27. The number of carbonyl (C=O) groups is 1. The average Bonchev–Trinajstić information content (AvgIpc) is 3.18. The van der Waals surface area contributed by atoms with Crippen LogP contribution in [0, 0.1) is 0 Å². The zero-order chi connectivity index (χ0) is 21.9. The Kier molecular flexibility index (Phi) is 6.29. The molecule has 0 amide bonds. The van der Waals surface area contributed by atoms with Crippen molar-refractivity contribution in [2.45, 2.75) is 52.0 Å². The highest BCUT2D eigenvalue weighted by Crippen LogP contribution is 2.30. The number of benzene rings is 2. The van der Waals surface area contributed by atoms with Gasteiger partial charge in [0.05, 0.1) is 11.6 Å². The normalized spacial score (nSPS) is 12.7. The third kappa shape index (κ3) is 4.40. The van der Waals surface area contributed by atoms with Crippen LogP contribution in [0.3, 0.4) is 0 Å². The summed E-state index contributed by atoms with van der Waals surface area (Å²) >= 11 is 0. The average molecular weight is 413 g/mol. The van der Waals surface area contributed by atoms with Crippen LogP contribution in [-0.2, 0) is 12.3 Å². The van der Waals surface area contributed by atoms with Gasteiger partial charge >= 0.3 is 11.9 Å². The summed E-state index contributed by atoms with van der Waals surface area (Å²) in [6.07, 6.45) is 0.755.